The molecule has 0 bridgehead atoms. The van der Waals surface area contributed by atoms with E-state index in [4.69, 9.17) is 5.26 Å². The zero-order chi connectivity index (χ0) is 11.4. The molecular formula is C12H15N3O. The Morgan fingerprint density at radius 1 is 1.56 bits per heavy atom. The lowest BCUT2D eigenvalue weighted by atomic mass is 10.0. The zero-order valence-electron chi connectivity index (χ0n) is 9.13. The minimum atomic E-state index is 0.130. The van der Waals surface area contributed by atoms with E-state index in [9.17, 15) is 5.11 Å². The van der Waals surface area contributed by atoms with Crippen molar-refractivity contribution in [2.75, 3.05) is 18.1 Å². The van der Waals surface area contributed by atoms with E-state index in [0.717, 1.165) is 31.5 Å². The van der Waals surface area contributed by atoms with Gasteiger partial charge in [-0.1, -0.05) is 0 Å². The van der Waals surface area contributed by atoms with E-state index < -0.39 is 0 Å². The summed E-state index contributed by atoms with van der Waals surface area (Å²) in [7, 11) is 0. The summed E-state index contributed by atoms with van der Waals surface area (Å²) in [6.45, 7) is 1.03. The summed E-state index contributed by atoms with van der Waals surface area (Å²) in [5.41, 5.74) is 1.49. The molecule has 1 aromatic heterocycles. The third-order valence-electron chi connectivity index (χ3n) is 3.07. The second-order valence-corrected chi connectivity index (χ2v) is 4.03. The Morgan fingerprint density at radius 2 is 2.44 bits per heavy atom. The monoisotopic (exact) mass is 217 g/mol. The van der Waals surface area contributed by atoms with Gasteiger partial charge in [-0.25, -0.2) is 0 Å². The molecule has 1 N–H and O–H groups in total. The predicted molar refractivity (Wildman–Crippen MR) is 61.0 cm³/mol. The Balaban J connectivity index is 2.31. The van der Waals surface area contributed by atoms with E-state index in [2.05, 4.69) is 16.0 Å². The molecule has 2 heterocycles. The van der Waals surface area contributed by atoms with Crippen molar-refractivity contribution in [1.29, 1.82) is 5.26 Å². The maximum absolute atomic E-state index is 9.34. The number of rotatable bonds is 2. The molecule has 1 atom stereocenters. The molecule has 0 saturated carbocycles. The molecule has 0 aromatic carbocycles. The lowest BCUT2D eigenvalue weighted by Crippen LogP contribution is -2.42. The van der Waals surface area contributed by atoms with Gasteiger partial charge in [0.1, 0.15) is 6.07 Å². The summed E-state index contributed by atoms with van der Waals surface area (Å²) in [6, 6.07) is 4.02. The SMILES string of the molecule is N#Cc1ccncc1N1CCCCC1CO. The van der Waals surface area contributed by atoms with Crippen LogP contribution in [0.5, 0.6) is 0 Å². The Hall–Kier alpha value is -1.60. The van der Waals surface area contributed by atoms with Gasteiger partial charge in [-0.15, -0.1) is 0 Å². The van der Waals surface area contributed by atoms with Crippen LogP contribution in [0.1, 0.15) is 24.8 Å². The Kier molecular flexibility index (Phi) is 3.37. The number of hydrogen-bond acceptors (Lipinski definition) is 4. The van der Waals surface area contributed by atoms with Crippen molar-refractivity contribution in [3.05, 3.63) is 24.0 Å². The van der Waals surface area contributed by atoms with Gasteiger partial charge in [0, 0.05) is 12.7 Å². The molecule has 0 radical (unpaired) electrons. The van der Waals surface area contributed by atoms with E-state index in [0.29, 0.717) is 5.56 Å². The first-order valence-corrected chi connectivity index (χ1v) is 5.58. The number of hydrogen-bond donors (Lipinski definition) is 1. The molecule has 2 rings (SSSR count). The first-order valence-electron chi connectivity index (χ1n) is 5.58. The van der Waals surface area contributed by atoms with Gasteiger partial charge in [0.25, 0.3) is 0 Å². The highest BCUT2D eigenvalue weighted by atomic mass is 16.3. The van der Waals surface area contributed by atoms with E-state index in [-0.39, 0.29) is 12.6 Å². The van der Waals surface area contributed by atoms with Gasteiger partial charge in [-0.3, -0.25) is 4.98 Å². The number of piperidine rings is 1. The average Bonchev–Trinajstić information content (AvgIpc) is 2.38. The zero-order valence-corrected chi connectivity index (χ0v) is 9.13. The average molecular weight is 217 g/mol. The van der Waals surface area contributed by atoms with Crippen LogP contribution in [0.25, 0.3) is 0 Å². The number of nitrogens with zero attached hydrogens (tertiary/aromatic N) is 3. The minimum absolute atomic E-state index is 0.130. The summed E-state index contributed by atoms with van der Waals surface area (Å²) < 4.78 is 0. The molecule has 4 heteroatoms. The molecule has 0 aliphatic carbocycles. The van der Waals surface area contributed by atoms with Crippen molar-refractivity contribution in [2.24, 2.45) is 0 Å². The summed E-state index contributed by atoms with van der Waals surface area (Å²) in [6.07, 6.45) is 6.57. The van der Waals surface area contributed by atoms with Gasteiger partial charge in [0.15, 0.2) is 0 Å². The van der Waals surface area contributed by atoms with Crippen molar-refractivity contribution < 1.29 is 5.11 Å². The van der Waals surface area contributed by atoms with Crippen molar-refractivity contribution in [1.82, 2.24) is 4.98 Å². The van der Waals surface area contributed by atoms with E-state index in [1.54, 1.807) is 18.5 Å². The highest BCUT2D eigenvalue weighted by Gasteiger charge is 2.23. The molecule has 0 amide bonds. The topological polar surface area (TPSA) is 60.2 Å². The molecule has 1 fully saturated rings. The van der Waals surface area contributed by atoms with Crippen molar-refractivity contribution >= 4 is 5.69 Å². The van der Waals surface area contributed by atoms with Crippen LogP contribution in [0.4, 0.5) is 5.69 Å². The Labute approximate surface area is 95.1 Å². The first-order chi connectivity index (χ1) is 7.86. The summed E-state index contributed by atoms with van der Waals surface area (Å²) in [5, 5.41) is 18.4. The number of pyridine rings is 1. The second kappa shape index (κ2) is 4.95. The van der Waals surface area contributed by atoms with E-state index in [1.165, 1.54) is 0 Å². The molecule has 1 aliphatic rings. The molecule has 1 aromatic rings. The van der Waals surface area contributed by atoms with E-state index >= 15 is 0 Å². The van der Waals surface area contributed by atoms with Crippen molar-refractivity contribution in [3.8, 4) is 6.07 Å². The summed E-state index contributed by atoms with van der Waals surface area (Å²) in [5.74, 6) is 0. The molecule has 1 saturated heterocycles. The molecule has 1 aliphatic heterocycles. The fourth-order valence-corrected chi connectivity index (χ4v) is 2.22. The third kappa shape index (κ3) is 2.00. The van der Waals surface area contributed by atoms with Gasteiger partial charge < -0.3 is 10.0 Å². The van der Waals surface area contributed by atoms with Gasteiger partial charge in [0.05, 0.1) is 30.1 Å². The molecule has 4 nitrogen and oxygen atoms in total. The van der Waals surface area contributed by atoms with Gasteiger partial charge in [0.2, 0.25) is 0 Å². The van der Waals surface area contributed by atoms with Crippen LogP contribution < -0.4 is 4.90 Å². The standard InChI is InChI=1S/C12H15N3O/c13-7-10-4-5-14-8-12(10)15-6-2-1-3-11(15)9-16/h4-5,8,11,16H,1-3,6,9H2. The summed E-state index contributed by atoms with van der Waals surface area (Å²) in [4.78, 5) is 6.17. The maximum Gasteiger partial charge on any atom is 0.101 e. The number of aliphatic hydroxyl groups is 1. The fraction of sp³-hybridized carbons (Fsp3) is 0.500. The van der Waals surface area contributed by atoms with Crippen LogP contribution in [0.2, 0.25) is 0 Å². The smallest absolute Gasteiger partial charge is 0.101 e. The molecule has 84 valence electrons. The molecule has 16 heavy (non-hydrogen) atoms. The van der Waals surface area contributed by atoms with Crippen LogP contribution in [-0.2, 0) is 0 Å². The number of aromatic nitrogens is 1. The summed E-state index contributed by atoms with van der Waals surface area (Å²) >= 11 is 0. The predicted octanol–water partition coefficient (Wildman–Crippen LogP) is 1.30. The lowest BCUT2D eigenvalue weighted by molar-refractivity contribution is 0.240. The van der Waals surface area contributed by atoms with Crippen LogP contribution in [-0.4, -0.2) is 29.3 Å². The van der Waals surface area contributed by atoms with Gasteiger partial charge in [-0.2, -0.15) is 5.26 Å². The Bertz CT molecular complexity index is 399. The number of anilines is 1. The highest BCUT2D eigenvalue weighted by Crippen LogP contribution is 2.26. The number of nitriles is 1. The molecular weight excluding hydrogens is 202 g/mol. The van der Waals surface area contributed by atoms with Crippen molar-refractivity contribution in [2.45, 2.75) is 25.3 Å². The van der Waals surface area contributed by atoms with Gasteiger partial charge >= 0.3 is 0 Å². The maximum atomic E-state index is 9.34. The van der Waals surface area contributed by atoms with Crippen LogP contribution in [0.15, 0.2) is 18.5 Å². The normalized spacial score (nSPS) is 20.5. The van der Waals surface area contributed by atoms with Gasteiger partial charge in [-0.05, 0) is 25.3 Å². The second-order valence-electron chi connectivity index (χ2n) is 4.03. The van der Waals surface area contributed by atoms with Crippen LogP contribution in [0.3, 0.4) is 0 Å². The minimum Gasteiger partial charge on any atom is -0.394 e. The highest BCUT2D eigenvalue weighted by molar-refractivity contribution is 5.58. The van der Waals surface area contributed by atoms with E-state index in [1.807, 2.05) is 0 Å². The molecule has 0 spiro atoms. The van der Waals surface area contributed by atoms with Crippen LogP contribution >= 0.6 is 0 Å². The number of aliphatic hydroxyl groups excluding tert-OH is 1. The third-order valence-corrected chi connectivity index (χ3v) is 3.07. The quantitative estimate of drug-likeness (QED) is 0.811. The van der Waals surface area contributed by atoms with Crippen LogP contribution in [0, 0.1) is 11.3 Å². The largest absolute Gasteiger partial charge is 0.394 e. The Morgan fingerprint density at radius 3 is 3.19 bits per heavy atom. The van der Waals surface area contributed by atoms with Crippen molar-refractivity contribution in [3.63, 3.8) is 0 Å². The first kappa shape index (κ1) is 10.9. The lowest BCUT2D eigenvalue weighted by Gasteiger charge is -2.36. The fourth-order valence-electron chi connectivity index (χ4n) is 2.22. The molecule has 1 unspecified atom stereocenters.